The molecule has 132 valence electrons. The van der Waals surface area contributed by atoms with Crippen molar-refractivity contribution in [2.24, 2.45) is 0 Å². The molecule has 1 N–H and O–H groups in total. The number of amides is 2. The standard InChI is InChI=1S/C18H12Cl2N2O3S/c1-25-11-5-2-4-10(8-11)9-12-16(23)21-18(26)22(17(12)24)14-7-3-6-13(19)15(14)20/h2-9H,1H3,(H,21,23,26)/b12-9+. The van der Waals surface area contributed by atoms with Crippen LogP contribution >= 0.6 is 35.4 Å². The van der Waals surface area contributed by atoms with E-state index in [4.69, 9.17) is 40.2 Å². The van der Waals surface area contributed by atoms with E-state index in [1.807, 2.05) is 0 Å². The van der Waals surface area contributed by atoms with Gasteiger partial charge in [-0.05, 0) is 48.1 Å². The lowest BCUT2D eigenvalue weighted by Crippen LogP contribution is -2.54. The Labute approximate surface area is 165 Å². The summed E-state index contributed by atoms with van der Waals surface area (Å²) in [5.41, 5.74) is 0.849. The molecule has 0 saturated carbocycles. The van der Waals surface area contributed by atoms with Crippen LogP contribution in [0.3, 0.4) is 0 Å². The van der Waals surface area contributed by atoms with Crippen LogP contribution in [0, 0.1) is 0 Å². The van der Waals surface area contributed by atoms with Crippen molar-refractivity contribution in [2.45, 2.75) is 0 Å². The predicted octanol–water partition coefficient (Wildman–Crippen LogP) is 3.83. The van der Waals surface area contributed by atoms with Crippen molar-refractivity contribution >= 4 is 64.1 Å². The summed E-state index contributed by atoms with van der Waals surface area (Å²) in [7, 11) is 1.53. The number of methoxy groups -OCH3 is 1. The first-order chi connectivity index (χ1) is 12.4. The van der Waals surface area contributed by atoms with E-state index in [1.54, 1.807) is 42.5 Å². The Bertz CT molecular complexity index is 959. The number of ether oxygens (including phenoxy) is 1. The maximum atomic E-state index is 12.9. The number of hydrogen-bond acceptors (Lipinski definition) is 4. The van der Waals surface area contributed by atoms with Crippen molar-refractivity contribution in [3.05, 3.63) is 63.6 Å². The number of carbonyl (C=O) groups is 2. The second-order valence-electron chi connectivity index (χ2n) is 5.31. The highest BCUT2D eigenvalue weighted by Crippen LogP contribution is 2.34. The van der Waals surface area contributed by atoms with Crippen LogP contribution in [0.5, 0.6) is 5.75 Å². The molecule has 0 aliphatic carbocycles. The van der Waals surface area contributed by atoms with E-state index in [2.05, 4.69) is 5.32 Å². The second-order valence-corrected chi connectivity index (χ2v) is 6.48. The fraction of sp³-hybridized carbons (Fsp3) is 0.0556. The maximum absolute atomic E-state index is 12.9. The number of anilines is 1. The second kappa shape index (κ2) is 7.45. The zero-order valence-corrected chi connectivity index (χ0v) is 15.8. The monoisotopic (exact) mass is 406 g/mol. The molecule has 0 unspecified atom stereocenters. The Hall–Kier alpha value is -2.41. The van der Waals surface area contributed by atoms with Crippen molar-refractivity contribution in [1.82, 2.24) is 5.32 Å². The van der Waals surface area contributed by atoms with E-state index < -0.39 is 11.8 Å². The van der Waals surface area contributed by atoms with Gasteiger partial charge in [-0.25, -0.2) is 0 Å². The zero-order chi connectivity index (χ0) is 18.8. The van der Waals surface area contributed by atoms with Gasteiger partial charge in [0.15, 0.2) is 5.11 Å². The summed E-state index contributed by atoms with van der Waals surface area (Å²) in [6.45, 7) is 0. The summed E-state index contributed by atoms with van der Waals surface area (Å²) in [6.07, 6.45) is 1.47. The number of thiocarbonyl (C=S) groups is 1. The molecule has 1 saturated heterocycles. The molecule has 0 radical (unpaired) electrons. The van der Waals surface area contributed by atoms with E-state index in [-0.39, 0.29) is 20.7 Å². The van der Waals surface area contributed by atoms with Crippen LogP contribution in [-0.4, -0.2) is 24.0 Å². The van der Waals surface area contributed by atoms with Gasteiger partial charge in [0.25, 0.3) is 11.8 Å². The third-order valence-corrected chi connectivity index (χ3v) is 4.77. The Morgan fingerprint density at radius 3 is 2.62 bits per heavy atom. The third kappa shape index (κ3) is 3.44. The predicted molar refractivity (Wildman–Crippen MR) is 106 cm³/mol. The number of halogens is 2. The molecule has 2 amide bonds. The topological polar surface area (TPSA) is 58.6 Å². The minimum absolute atomic E-state index is 0.0630. The third-order valence-electron chi connectivity index (χ3n) is 3.68. The molecule has 1 aliphatic heterocycles. The molecule has 2 aromatic carbocycles. The van der Waals surface area contributed by atoms with Gasteiger partial charge in [0.1, 0.15) is 11.3 Å². The van der Waals surface area contributed by atoms with Crippen LogP contribution in [0.4, 0.5) is 5.69 Å². The molecule has 0 spiro atoms. The van der Waals surface area contributed by atoms with E-state index in [1.165, 1.54) is 13.2 Å². The molecule has 1 aliphatic rings. The van der Waals surface area contributed by atoms with Crippen molar-refractivity contribution < 1.29 is 14.3 Å². The van der Waals surface area contributed by atoms with Gasteiger partial charge in [0.05, 0.1) is 22.8 Å². The van der Waals surface area contributed by atoms with Crippen LogP contribution in [0.1, 0.15) is 5.56 Å². The normalized spacial score (nSPS) is 16.0. The van der Waals surface area contributed by atoms with Crippen LogP contribution in [-0.2, 0) is 9.59 Å². The molecule has 26 heavy (non-hydrogen) atoms. The van der Waals surface area contributed by atoms with Crippen molar-refractivity contribution in [2.75, 3.05) is 12.0 Å². The Morgan fingerprint density at radius 1 is 1.15 bits per heavy atom. The van der Waals surface area contributed by atoms with Crippen molar-refractivity contribution in [3.63, 3.8) is 0 Å². The largest absolute Gasteiger partial charge is 0.497 e. The summed E-state index contributed by atoms with van der Waals surface area (Å²) in [6, 6.07) is 11.8. The highest BCUT2D eigenvalue weighted by molar-refractivity contribution is 7.80. The summed E-state index contributed by atoms with van der Waals surface area (Å²) in [4.78, 5) is 26.4. The van der Waals surface area contributed by atoms with Crippen molar-refractivity contribution in [3.8, 4) is 5.75 Å². The quantitative estimate of drug-likeness (QED) is 0.477. The van der Waals surface area contributed by atoms with E-state index in [0.29, 0.717) is 17.0 Å². The molecule has 1 fully saturated rings. The van der Waals surface area contributed by atoms with Crippen molar-refractivity contribution in [1.29, 1.82) is 0 Å². The minimum atomic E-state index is -0.592. The molecular weight excluding hydrogens is 395 g/mol. The fourth-order valence-electron chi connectivity index (χ4n) is 2.44. The van der Waals surface area contributed by atoms with Gasteiger partial charge in [-0.3, -0.25) is 19.8 Å². The molecule has 0 atom stereocenters. The molecule has 2 aromatic rings. The fourth-order valence-corrected chi connectivity index (χ4v) is 3.09. The van der Waals surface area contributed by atoms with Gasteiger partial charge in [0, 0.05) is 0 Å². The van der Waals surface area contributed by atoms with Gasteiger partial charge in [-0.1, -0.05) is 41.4 Å². The van der Waals surface area contributed by atoms with Gasteiger partial charge >= 0.3 is 0 Å². The Balaban J connectivity index is 2.05. The average molecular weight is 407 g/mol. The van der Waals surface area contributed by atoms with Crippen LogP contribution in [0.15, 0.2) is 48.0 Å². The summed E-state index contributed by atoms with van der Waals surface area (Å²) in [5.74, 6) is -0.573. The molecule has 1 heterocycles. The van der Waals surface area contributed by atoms with Gasteiger partial charge in [-0.15, -0.1) is 0 Å². The smallest absolute Gasteiger partial charge is 0.270 e. The number of hydrogen-bond donors (Lipinski definition) is 1. The molecule has 8 heteroatoms. The van der Waals surface area contributed by atoms with Gasteiger partial charge in [0.2, 0.25) is 0 Å². The van der Waals surface area contributed by atoms with Gasteiger partial charge < -0.3 is 4.74 Å². The Morgan fingerprint density at radius 2 is 1.88 bits per heavy atom. The average Bonchev–Trinajstić information content (AvgIpc) is 2.62. The lowest BCUT2D eigenvalue weighted by atomic mass is 10.1. The number of carbonyl (C=O) groups excluding carboxylic acids is 2. The number of nitrogens with one attached hydrogen (secondary N) is 1. The SMILES string of the molecule is COc1cccc(/C=C2\C(=O)NC(=S)N(c3cccc(Cl)c3Cl)C2=O)c1. The summed E-state index contributed by atoms with van der Waals surface area (Å²) < 4.78 is 5.16. The first-order valence-electron chi connectivity index (χ1n) is 7.42. The number of rotatable bonds is 3. The van der Waals surface area contributed by atoms with Crippen LogP contribution in [0.2, 0.25) is 10.0 Å². The Kier molecular flexibility index (Phi) is 5.27. The van der Waals surface area contributed by atoms with Crippen LogP contribution in [0.25, 0.3) is 6.08 Å². The van der Waals surface area contributed by atoms with E-state index >= 15 is 0 Å². The highest BCUT2D eigenvalue weighted by Gasteiger charge is 2.35. The first-order valence-corrected chi connectivity index (χ1v) is 8.58. The highest BCUT2D eigenvalue weighted by atomic mass is 35.5. The minimum Gasteiger partial charge on any atom is -0.497 e. The van der Waals surface area contributed by atoms with Crippen LogP contribution < -0.4 is 15.0 Å². The summed E-state index contributed by atoms with van der Waals surface area (Å²) >= 11 is 17.4. The van der Waals surface area contributed by atoms with Gasteiger partial charge in [-0.2, -0.15) is 0 Å². The first kappa shape index (κ1) is 18.4. The van der Waals surface area contributed by atoms with E-state index in [0.717, 1.165) is 4.90 Å². The van der Waals surface area contributed by atoms with E-state index in [9.17, 15) is 9.59 Å². The zero-order valence-electron chi connectivity index (χ0n) is 13.5. The number of nitrogens with zero attached hydrogens (tertiary/aromatic N) is 1. The number of benzene rings is 2. The molecule has 0 aromatic heterocycles. The lowest BCUT2D eigenvalue weighted by Gasteiger charge is -2.29. The molecular formula is C18H12Cl2N2O3S. The lowest BCUT2D eigenvalue weighted by molar-refractivity contribution is -0.122. The maximum Gasteiger partial charge on any atom is 0.270 e. The molecule has 0 bridgehead atoms. The summed E-state index contributed by atoms with van der Waals surface area (Å²) in [5, 5.41) is 2.88. The molecule has 5 nitrogen and oxygen atoms in total. The molecule has 3 rings (SSSR count).